The van der Waals surface area contributed by atoms with E-state index in [4.69, 9.17) is 16.3 Å². The molecular formula is C10H9ClO3. The van der Waals surface area contributed by atoms with Gasteiger partial charge in [0.15, 0.2) is 12.4 Å². The third-order valence-electron chi connectivity index (χ3n) is 1.52. The van der Waals surface area contributed by atoms with Gasteiger partial charge in [-0.1, -0.05) is 18.2 Å². The van der Waals surface area contributed by atoms with E-state index >= 15 is 0 Å². The lowest BCUT2D eigenvalue weighted by Gasteiger charge is -2.01. The highest BCUT2D eigenvalue weighted by atomic mass is 35.5. The van der Waals surface area contributed by atoms with E-state index in [9.17, 15) is 9.59 Å². The van der Waals surface area contributed by atoms with Crippen LogP contribution in [0.1, 0.15) is 10.4 Å². The Balaban J connectivity index is 2.48. The highest BCUT2D eigenvalue weighted by Crippen LogP contribution is 2.00. The molecule has 0 aliphatic carbocycles. The second-order valence-electron chi connectivity index (χ2n) is 2.61. The summed E-state index contributed by atoms with van der Waals surface area (Å²) in [5.74, 6) is -0.956. The molecule has 0 fully saturated rings. The van der Waals surface area contributed by atoms with Crippen LogP contribution >= 0.6 is 11.6 Å². The van der Waals surface area contributed by atoms with Gasteiger partial charge < -0.3 is 4.74 Å². The summed E-state index contributed by atoms with van der Waals surface area (Å²) < 4.78 is 4.71. The molecule has 0 amide bonds. The molecule has 0 aliphatic rings. The summed E-state index contributed by atoms with van der Waals surface area (Å²) in [6.07, 6.45) is 0. The molecule has 0 radical (unpaired) electrons. The minimum Gasteiger partial charge on any atom is -0.454 e. The molecule has 1 rings (SSSR count). The molecule has 0 aromatic heterocycles. The first-order chi connectivity index (χ1) is 6.74. The van der Waals surface area contributed by atoms with Gasteiger partial charge in [-0.05, 0) is 12.1 Å². The maximum atomic E-state index is 11.2. The summed E-state index contributed by atoms with van der Waals surface area (Å²) in [5.41, 5.74) is 0.426. The fraction of sp³-hybridized carbons (Fsp3) is 0.200. The van der Waals surface area contributed by atoms with Crippen LogP contribution in [0.25, 0.3) is 0 Å². The van der Waals surface area contributed by atoms with Crippen LogP contribution in [0, 0.1) is 0 Å². The minimum absolute atomic E-state index is 0.137. The molecule has 0 bridgehead atoms. The van der Waals surface area contributed by atoms with Crippen molar-refractivity contribution in [2.24, 2.45) is 0 Å². The molecule has 0 N–H and O–H groups in total. The number of halogens is 1. The highest BCUT2D eigenvalue weighted by Gasteiger charge is 2.08. The molecule has 14 heavy (non-hydrogen) atoms. The number of benzene rings is 1. The Labute approximate surface area is 86.6 Å². The maximum Gasteiger partial charge on any atom is 0.338 e. The summed E-state index contributed by atoms with van der Waals surface area (Å²) in [6, 6.07) is 8.47. The molecule has 0 heterocycles. The van der Waals surface area contributed by atoms with Gasteiger partial charge in [-0.2, -0.15) is 0 Å². The van der Waals surface area contributed by atoms with Crippen LogP contribution in [0.15, 0.2) is 30.3 Å². The van der Waals surface area contributed by atoms with Crippen molar-refractivity contribution in [1.82, 2.24) is 0 Å². The monoisotopic (exact) mass is 212 g/mol. The number of Topliss-reactive ketones (excluding diaryl/α,β-unsaturated/α-hetero) is 1. The summed E-state index contributed by atoms with van der Waals surface area (Å²) in [5, 5.41) is 0. The fourth-order valence-corrected chi connectivity index (χ4v) is 0.919. The van der Waals surface area contributed by atoms with Gasteiger partial charge in [0.05, 0.1) is 11.4 Å². The van der Waals surface area contributed by atoms with Crippen molar-refractivity contribution in [1.29, 1.82) is 0 Å². The van der Waals surface area contributed by atoms with Crippen molar-refractivity contribution < 1.29 is 14.3 Å². The van der Waals surface area contributed by atoms with E-state index in [0.29, 0.717) is 5.56 Å². The Morgan fingerprint density at radius 3 is 2.43 bits per heavy atom. The van der Waals surface area contributed by atoms with Gasteiger partial charge in [0, 0.05) is 0 Å². The Morgan fingerprint density at radius 1 is 1.21 bits per heavy atom. The van der Waals surface area contributed by atoms with Crippen LogP contribution in [0.3, 0.4) is 0 Å². The normalized spacial score (nSPS) is 9.50. The number of rotatable bonds is 4. The first kappa shape index (κ1) is 10.7. The van der Waals surface area contributed by atoms with E-state index in [1.54, 1.807) is 30.3 Å². The first-order valence-corrected chi connectivity index (χ1v) is 4.57. The molecule has 0 unspecified atom stereocenters. The van der Waals surface area contributed by atoms with Crippen molar-refractivity contribution in [3.05, 3.63) is 35.9 Å². The maximum absolute atomic E-state index is 11.2. The number of ether oxygens (including phenoxy) is 1. The number of carbonyl (C=O) groups is 2. The first-order valence-electron chi connectivity index (χ1n) is 4.04. The number of carbonyl (C=O) groups excluding carboxylic acids is 2. The van der Waals surface area contributed by atoms with Crippen LogP contribution in [0.4, 0.5) is 0 Å². The SMILES string of the molecule is O=C(CCl)COC(=O)c1ccccc1. The highest BCUT2D eigenvalue weighted by molar-refractivity contribution is 6.27. The predicted octanol–water partition coefficient (Wildman–Crippen LogP) is 1.65. The minimum atomic E-state index is -0.510. The third kappa shape index (κ3) is 3.18. The topological polar surface area (TPSA) is 43.4 Å². The molecule has 1 aromatic carbocycles. The Bertz CT molecular complexity index is 321. The second kappa shape index (κ2) is 5.40. The third-order valence-corrected chi connectivity index (χ3v) is 1.82. The average Bonchev–Trinajstić information content (AvgIpc) is 2.26. The summed E-state index contributed by atoms with van der Waals surface area (Å²) >= 11 is 5.24. The van der Waals surface area contributed by atoms with Crippen LogP contribution in [-0.4, -0.2) is 24.2 Å². The van der Waals surface area contributed by atoms with Crippen LogP contribution < -0.4 is 0 Å². The van der Waals surface area contributed by atoms with Gasteiger partial charge in [0.1, 0.15) is 0 Å². The molecular weight excluding hydrogens is 204 g/mol. The number of hydrogen-bond acceptors (Lipinski definition) is 3. The van der Waals surface area contributed by atoms with Gasteiger partial charge in [-0.25, -0.2) is 4.79 Å². The van der Waals surface area contributed by atoms with Gasteiger partial charge in [-0.3, -0.25) is 4.79 Å². The van der Waals surface area contributed by atoms with Gasteiger partial charge >= 0.3 is 5.97 Å². The zero-order valence-electron chi connectivity index (χ0n) is 7.40. The lowest BCUT2D eigenvalue weighted by molar-refractivity contribution is -0.119. The van der Waals surface area contributed by atoms with Crippen molar-refractivity contribution in [2.45, 2.75) is 0 Å². The van der Waals surface area contributed by atoms with Crippen molar-refractivity contribution in [3.8, 4) is 0 Å². The number of hydrogen-bond donors (Lipinski definition) is 0. The average molecular weight is 213 g/mol. The molecule has 3 nitrogen and oxygen atoms in total. The van der Waals surface area contributed by atoms with Gasteiger partial charge in [0.25, 0.3) is 0 Å². The van der Waals surface area contributed by atoms with Crippen molar-refractivity contribution in [3.63, 3.8) is 0 Å². The number of alkyl halides is 1. The predicted molar refractivity (Wildman–Crippen MR) is 52.5 cm³/mol. The molecule has 0 atom stereocenters. The standard InChI is InChI=1S/C10H9ClO3/c11-6-9(12)7-14-10(13)8-4-2-1-3-5-8/h1-5H,6-7H2. The zero-order chi connectivity index (χ0) is 10.4. The molecule has 1 aromatic rings. The van der Waals surface area contributed by atoms with Crippen LogP contribution in [-0.2, 0) is 9.53 Å². The molecule has 0 spiro atoms. The molecule has 4 heteroatoms. The smallest absolute Gasteiger partial charge is 0.338 e. The number of esters is 1. The lowest BCUT2D eigenvalue weighted by Crippen LogP contribution is -2.14. The van der Waals surface area contributed by atoms with E-state index in [2.05, 4.69) is 0 Å². The molecule has 0 saturated carbocycles. The van der Waals surface area contributed by atoms with E-state index < -0.39 is 5.97 Å². The van der Waals surface area contributed by atoms with Gasteiger partial charge in [-0.15, -0.1) is 11.6 Å². The summed E-state index contributed by atoms with van der Waals surface area (Å²) in [4.78, 5) is 22.0. The quantitative estimate of drug-likeness (QED) is 0.563. The molecule has 74 valence electrons. The zero-order valence-corrected chi connectivity index (χ0v) is 8.16. The van der Waals surface area contributed by atoms with E-state index in [1.165, 1.54) is 0 Å². The second-order valence-corrected chi connectivity index (χ2v) is 2.88. The summed E-state index contributed by atoms with van der Waals surface area (Å²) in [6.45, 7) is -0.267. The lowest BCUT2D eigenvalue weighted by atomic mass is 10.2. The van der Waals surface area contributed by atoms with E-state index in [0.717, 1.165) is 0 Å². The van der Waals surface area contributed by atoms with E-state index in [-0.39, 0.29) is 18.3 Å². The van der Waals surface area contributed by atoms with Crippen LogP contribution in [0.2, 0.25) is 0 Å². The van der Waals surface area contributed by atoms with E-state index in [1.807, 2.05) is 0 Å². The van der Waals surface area contributed by atoms with Crippen LogP contribution in [0.5, 0.6) is 0 Å². The molecule has 0 saturated heterocycles. The molecule has 0 aliphatic heterocycles. The number of ketones is 1. The fourth-order valence-electron chi connectivity index (χ4n) is 0.842. The Kier molecular flexibility index (Phi) is 4.13. The largest absolute Gasteiger partial charge is 0.454 e. The van der Waals surface area contributed by atoms with Crippen molar-refractivity contribution in [2.75, 3.05) is 12.5 Å². The summed E-state index contributed by atoms with van der Waals surface area (Å²) in [7, 11) is 0. The van der Waals surface area contributed by atoms with Crippen molar-refractivity contribution >= 4 is 23.4 Å². The Hall–Kier alpha value is -1.35. The Morgan fingerprint density at radius 2 is 1.86 bits per heavy atom. The van der Waals surface area contributed by atoms with Gasteiger partial charge in [0.2, 0.25) is 0 Å².